The Morgan fingerprint density at radius 1 is 1.32 bits per heavy atom. The molecular weight excluding hydrogens is 321 g/mol. The van der Waals surface area contributed by atoms with Crippen molar-refractivity contribution >= 4 is 6.09 Å². The van der Waals surface area contributed by atoms with Crippen molar-refractivity contribution in [2.75, 3.05) is 0 Å². The molecule has 1 aromatic rings. The summed E-state index contributed by atoms with van der Waals surface area (Å²) in [6.07, 6.45) is 3.09. The Labute approximate surface area is 149 Å². The van der Waals surface area contributed by atoms with Gasteiger partial charge in [-0.05, 0) is 76.6 Å². The van der Waals surface area contributed by atoms with Crippen molar-refractivity contribution < 1.29 is 19.0 Å². The molecule has 0 aromatic heterocycles. The van der Waals surface area contributed by atoms with E-state index in [0.717, 1.165) is 24.0 Å². The molecular formula is C20H28FNO3. The van der Waals surface area contributed by atoms with Gasteiger partial charge < -0.3 is 14.7 Å². The zero-order valence-corrected chi connectivity index (χ0v) is 15.5. The number of aliphatic hydroxyl groups is 1. The first-order valence-electron chi connectivity index (χ1n) is 9.05. The number of hydrogen-bond acceptors (Lipinski definition) is 3. The first-order chi connectivity index (χ1) is 11.6. The van der Waals surface area contributed by atoms with Crippen molar-refractivity contribution in [2.45, 2.75) is 83.1 Å². The Morgan fingerprint density at radius 3 is 2.44 bits per heavy atom. The van der Waals surface area contributed by atoms with Crippen LogP contribution in [0.1, 0.15) is 57.6 Å². The van der Waals surface area contributed by atoms with Gasteiger partial charge in [-0.2, -0.15) is 0 Å². The topological polar surface area (TPSA) is 49.8 Å². The molecule has 0 saturated carbocycles. The number of carbonyl (C=O) groups excluding carboxylic acids is 1. The summed E-state index contributed by atoms with van der Waals surface area (Å²) >= 11 is 0. The van der Waals surface area contributed by atoms with Crippen LogP contribution < -0.4 is 0 Å². The first kappa shape index (κ1) is 18.2. The molecule has 2 atom stereocenters. The summed E-state index contributed by atoms with van der Waals surface area (Å²) < 4.78 is 18.9. The van der Waals surface area contributed by atoms with E-state index in [9.17, 15) is 14.3 Å². The van der Waals surface area contributed by atoms with E-state index in [1.54, 1.807) is 6.07 Å². The Hall–Kier alpha value is -1.62. The fourth-order valence-corrected chi connectivity index (χ4v) is 4.29. The summed E-state index contributed by atoms with van der Waals surface area (Å²) in [4.78, 5) is 14.3. The van der Waals surface area contributed by atoms with Gasteiger partial charge in [0.1, 0.15) is 11.4 Å². The van der Waals surface area contributed by atoms with Gasteiger partial charge in [0.2, 0.25) is 0 Å². The Bertz CT molecular complexity index is 653. The van der Waals surface area contributed by atoms with Gasteiger partial charge in [0.25, 0.3) is 0 Å². The number of nitrogens with zero attached hydrogens (tertiary/aromatic N) is 1. The summed E-state index contributed by atoms with van der Waals surface area (Å²) in [6, 6.07) is 4.73. The SMILES string of the molecule is Cc1cc(F)ccc1CC1(O)CC2CCC(C1)N2C(=O)OC(C)(C)C. The smallest absolute Gasteiger partial charge is 0.410 e. The molecule has 0 spiro atoms. The third-order valence-electron chi connectivity index (χ3n) is 5.28. The maximum absolute atomic E-state index is 13.3. The summed E-state index contributed by atoms with van der Waals surface area (Å²) in [6.45, 7) is 7.46. The van der Waals surface area contributed by atoms with Gasteiger partial charge in [-0.3, -0.25) is 0 Å². The molecule has 2 fully saturated rings. The van der Waals surface area contributed by atoms with E-state index in [1.165, 1.54) is 12.1 Å². The fourth-order valence-electron chi connectivity index (χ4n) is 4.29. The summed E-state index contributed by atoms with van der Waals surface area (Å²) in [5.74, 6) is -0.256. The van der Waals surface area contributed by atoms with Crippen molar-refractivity contribution in [3.8, 4) is 0 Å². The standard InChI is InChI=1S/C20H28FNO3/c1-13-9-15(21)6-5-14(13)10-20(24)11-16-7-8-17(12-20)22(16)18(23)25-19(2,3)4/h5-6,9,16-17,24H,7-8,10-12H2,1-4H3. The molecule has 1 aromatic carbocycles. The summed E-state index contributed by atoms with van der Waals surface area (Å²) in [5.41, 5.74) is 0.451. The van der Waals surface area contributed by atoms with Gasteiger partial charge in [-0.1, -0.05) is 6.07 Å². The second kappa shape index (κ2) is 6.27. The maximum Gasteiger partial charge on any atom is 0.410 e. The highest BCUT2D eigenvalue weighted by molar-refractivity contribution is 5.69. The lowest BCUT2D eigenvalue weighted by molar-refractivity contribution is -0.0580. The normalized spacial score (nSPS) is 29.0. The molecule has 1 N–H and O–H groups in total. The van der Waals surface area contributed by atoms with Crippen LogP contribution in [-0.2, 0) is 11.2 Å². The zero-order chi connectivity index (χ0) is 18.4. The second-order valence-electron chi connectivity index (χ2n) is 8.65. The molecule has 25 heavy (non-hydrogen) atoms. The Kier molecular flexibility index (Phi) is 4.56. The number of piperidine rings is 1. The number of halogens is 1. The number of hydrogen-bond donors (Lipinski definition) is 1. The lowest BCUT2D eigenvalue weighted by atomic mass is 9.80. The summed E-state index contributed by atoms with van der Waals surface area (Å²) in [5, 5.41) is 11.2. The molecule has 1 amide bonds. The number of amides is 1. The molecule has 2 saturated heterocycles. The number of rotatable bonds is 2. The van der Waals surface area contributed by atoms with E-state index >= 15 is 0 Å². The lowest BCUT2D eigenvalue weighted by Gasteiger charge is -2.44. The maximum atomic E-state index is 13.3. The third-order valence-corrected chi connectivity index (χ3v) is 5.28. The molecule has 5 heteroatoms. The van der Waals surface area contributed by atoms with Crippen LogP contribution in [0, 0.1) is 12.7 Å². The monoisotopic (exact) mass is 349 g/mol. The van der Waals surface area contributed by atoms with Crippen molar-refractivity contribution in [3.05, 3.63) is 35.1 Å². The molecule has 2 unspecified atom stereocenters. The molecule has 2 aliphatic rings. The van der Waals surface area contributed by atoms with Gasteiger partial charge in [-0.25, -0.2) is 9.18 Å². The van der Waals surface area contributed by atoms with Crippen LogP contribution in [-0.4, -0.2) is 39.4 Å². The average Bonchev–Trinajstić information content (AvgIpc) is 2.74. The van der Waals surface area contributed by atoms with Gasteiger partial charge in [0, 0.05) is 18.5 Å². The number of aryl methyl sites for hydroxylation is 1. The zero-order valence-electron chi connectivity index (χ0n) is 15.5. The third kappa shape index (κ3) is 3.97. The first-order valence-corrected chi connectivity index (χ1v) is 9.05. The molecule has 2 aliphatic heterocycles. The molecule has 0 aliphatic carbocycles. The van der Waals surface area contributed by atoms with Gasteiger partial charge in [0.05, 0.1) is 5.60 Å². The van der Waals surface area contributed by atoms with Crippen LogP contribution in [0.4, 0.5) is 9.18 Å². The second-order valence-corrected chi connectivity index (χ2v) is 8.65. The van der Waals surface area contributed by atoms with Crippen molar-refractivity contribution in [1.29, 1.82) is 0 Å². The van der Waals surface area contributed by atoms with Gasteiger partial charge in [-0.15, -0.1) is 0 Å². The predicted molar refractivity (Wildman–Crippen MR) is 93.9 cm³/mol. The van der Waals surface area contributed by atoms with Crippen LogP contribution >= 0.6 is 0 Å². The Morgan fingerprint density at radius 2 is 1.92 bits per heavy atom. The number of ether oxygens (including phenoxy) is 1. The van der Waals surface area contributed by atoms with Crippen molar-refractivity contribution in [1.82, 2.24) is 4.90 Å². The van der Waals surface area contributed by atoms with E-state index in [4.69, 9.17) is 4.74 Å². The Balaban J connectivity index is 1.73. The molecule has 138 valence electrons. The highest BCUT2D eigenvalue weighted by Gasteiger charge is 2.50. The van der Waals surface area contributed by atoms with Crippen molar-refractivity contribution in [2.24, 2.45) is 0 Å². The van der Waals surface area contributed by atoms with Gasteiger partial charge >= 0.3 is 6.09 Å². The quantitative estimate of drug-likeness (QED) is 0.879. The van der Waals surface area contributed by atoms with E-state index in [1.807, 2.05) is 32.6 Å². The molecule has 3 rings (SSSR count). The van der Waals surface area contributed by atoms with Crippen LogP contribution in [0.25, 0.3) is 0 Å². The van der Waals surface area contributed by atoms with Crippen molar-refractivity contribution in [3.63, 3.8) is 0 Å². The molecule has 2 heterocycles. The van der Waals surface area contributed by atoms with E-state index in [0.29, 0.717) is 19.3 Å². The minimum atomic E-state index is -0.854. The molecule has 0 radical (unpaired) electrons. The molecule has 4 nitrogen and oxygen atoms in total. The fraction of sp³-hybridized carbons (Fsp3) is 0.650. The lowest BCUT2D eigenvalue weighted by Crippen LogP contribution is -2.55. The van der Waals surface area contributed by atoms with Crippen LogP contribution in [0.2, 0.25) is 0 Å². The number of carbonyl (C=O) groups is 1. The van der Waals surface area contributed by atoms with Crippen LogP contribution in [0.15, 0.2) is 18.2 Å². The minimum Gasteiger partial charge on any atom is -0.444 e. The minimum absolute atomic E-state index is 0.0133. The number of benzene rings is 1. The average molecular weight is 349 g/mol. The summed E-state index contributed by atoms with van der Waals surface area (Å²) in [7, 11) is 0. The van der Waals surface area contributed by atoms with E-state index in [2.05, 4.69) is 0 Å². The van der Waals surface area contributed by atoms with Crippen LogP contribution in [0.5, 0.6) is 0 Å². The highest BCUT2D eigenvalue weighted by Crippen LogP contribution is 2.43. The predicted octanol–water partition coefficient (Wildman–Crippen LogP) is 3.97. The largest absolute Gasteiger partial charge is 0.444 e. The highest BCUT2D eigenvalue weighted by atomic mass is 19.1. The van der Waals surface area contributed by atoms with E-state index < -0.39 is 11.2 Å². The van der Waals surface area contributed by atoms with Crippen LogP contribution in [0.3, 0.4) is 0 Å². The van der Waals surface area contributed by atoms with E-state index in [-0.39, 0.29) is 24.0 Å². The number of fused-ring (bicyclic) bond motifs is 2. The molecule has 2 bridgehead atoms. The van der Waals surface area contributed by atoms with Gasteiger partial charge in [0.15, 0.2) is 0 Å².